The minimum atomic E-state index is -0.381. The highest BCUT2D eigenvalue weighted by molar-refractivity contribution is 8.16. The maximum Gasteiger partial charge on any atom is 0.264 e. The molecular formula is C9H14N2O2S. The molecule has 2 rings (SSSR count). The quantitative estimate of drug-likeness (QED) is 0.596. The van der Waals surface area contributed by atoms with Gasteiger partial charge in [-0.1, -0.05) is 11.8 Å². The predicted octanol–water partition coefficient (Wildman–Crippen LogP) is 0.727. The Hall–Kier alpha value is -0.550. The van der Waals surface area contributed by atoms with Crippen molar-refractivity contribution in [1.82, 2.24) is 4.90 Å². The lowest BCUT2D eigenvalue weighted by atomic mass is 10.2. The molecule has 0 spiro atoms. The Balaban J connectivity index is 2.06. The Morgan fingerprint density at radius 2 is 2.07 bits per heavy atom. The van der Waals surface area contributed by atoms with Gasteiger partial charge < -0.3 is 9.64 Å². The molecule has 5 heteroatoms. The number of ether oxygens (including phenoxy) is 1. The van der Waals surface area contributed by atoms with Crippen LogP contribution in [0.3, 0.4) is 0 Å². The predicted molar refractivity (Wildman–Crippen MR) is 56.5 cm³/mol. The van der Waals surface area contributed by atoms with E-state index in [0.717, 1.165) is 31.5 Å². The normalized spacial score (nSPS) is 26.6. The van der Waals surface area contributed by atoms with E-state index in [2.05, 4.69) is 9.89 Å². The summed E-state index contributed by atoms with van der Waals surface area (Å²) in [6.45, 7) is 6.97. The molecule has 0 unspecified atom stereocenters. The molecule has 1 saturated heterocycles. The van der Waals surface area contributed by atoms with Gasteiger partial charge >= 0.3 is 0 Å². The number of amidine groups is 1. The summed E-state index contributed by atoms with van der Waals surface area (Å²) in [5, 5.41) is 0.864. The van der Waals surface area contributed by atoms with Crippen LogP contribution >= 0.6 is 11.8 Å². The van der Waals surface area contributed by atoms with Gasteiger partial charge in [-0.25, -0.2) is 0 Å². The summed E-state index contributed by atoms with van der Waals surface area (Å²) in [4.78, 5) is 17.7. The van der Waals surface area contributed by atoms with E-state index < -0.39 is 0 Å². The van der Waals surface area contributed by atoms with Crippen molar-refractivity contribution in [2.45, 2.75) is 18.6 Å². The highest BCUT2D eigenvalue weighted by Crippen LogP contribution is 2.34. The third-order valence-corrected chi connectivity index (χ3v) is 3.56. The lowest BCUT2D eigenvalue weighted by Gasteiger charge is -2.28. The minimum absolute atomic E-state index is 0.0241. The Morgan fingerprint density at radius 3 is 2.57 bits per heavy atom. The fourth-order valence-corrected chi connectivity index (χ4v) is 2.44. The van der Waals surface area contributed by atoms with Gasteiger partial charge in [0.1, 0.15) is 0 Å². The number of amides is 1. The van der Waals surface area contributed by atoms with Crippen LogP contribution in [0.15, 0.2) is 4.99 Å². The van der Waals surface area contributed by atoms with Crippen molar-refractivity contribution >= 4 is 22.8 Å². The van der Waals surface area contributed by atoms with Crippen molar-refractivity contribution in [3.63, 3.8) is 0 Å². The summed E-state index contributed by atoms with van der Waals surface area (Å²) in [5.74, 6) is -0.0241. The van der Waals surface area contributed by atoms with Gasteiger partial charge in [0.15, 0.2) is 5.17 Å². The molecule has 2 heterocycles. The first-order chi connectivity index (χ1) is 6.59. The van der Waals surface area contributed by atoms with E-state index in [1.54, 1.807) is 11.8 Å². The second-order valence-corrected chi connectivity index (χ2v) is 5.50. The number of rotatable bonds is 0. The van der Waals surface area contributed by atoms with Crippen LogP contribution < -0.4 is 0 Å². The molecule has 14 heavy (non-hydrogen) atoms. The number of thioether (sulfide) groups is 1. The highest BCUT2D eigenvalue weighted by atomic mass is 32.2. The maximum absolute atomic E-state index is 11.5. The van der Waals surface area contributed by atoms with E-state index in [4.69, 9.17) is 4.74 Å². The Kier molecular flexibility index (Phi) is 2.53. The summed E-state index contributed by atoms with van der Waals surface area (Å²) < 4.78 is 4.87. The number of hydrogen-bond donors (Lipinski definition) is 0. The van der Waals surface area contributed by atoms with Crippen molar-refractivity contribution in [3.05, 3.63) is 0 Å². The van der Waals surface area contributed by atoms with Crippen LogP contribution in [0.4, 0.5) is 0 Å². The van der Waals surface area contributed by atoms with Crippen molar-refractivity contribution in [2.75, 3.05) is 26.3 Å². The number of carbonyl (C=O) groups excluding carboxylic acids is 1. The second-order valence-electron chi connectivity index (χ2n) is 3.91. The summed E-state index contributed by atoms with van der Waals surface area (Å²) in [6.07, 6.45) is 0. The molecule has 2 aliphatic rings. The molecule has 0 N–H and O–H groups in total. The Bertz CT molecular complexity index is 283. The Labute approximate surface area is 87.7 Å². The van der Waals surface area contributed by atoms with Crippen molar-refractivity contribution in [1.29, 1.82) is 0 Å². The van der Waals surface area contributed by atoms with Gasteiger partial charge in [0, 0.05) is 13.1 Å². The van der Waals surface area contributed by atoms with Gasteiger partial charge in [-0.15, -0.1) is 0 Å². The zero-order valence-electron chi connectivity index (χ0n) is 8.45. The number of morpholine rings is 1. The van der Waals surface area contributed by atoms with Crippen LogP contribution in [-0.2, 0) is 9.53 Å². The topological polar surface area (TPSA) is 41.9 Å². The zero-order chi connectivity index (χ0) is 10.2. The second kappa shape index (κ2) is 3.55. The molecule has 0 aliphatic carbocycles. The van der Waals surface area contributed by atoms with Gasteiger partial charge in [-0.05, 0) is 13.8 Å². The first kappa shape index (κ1) is 9.98. The van der Waals surface area contributed by atoms with Gasteiger partial charge in [0.2, 0.25) is 0 Å². The Morgan fingerprint density at radius 1 is 1.43 bits per heavy atom. The van der Waals surface area contributed by atoms with E-state index in [-0.39, 0.29) is 10.7 Å². The molecule has 1 amide bonds. The van der Waals surface area contributed by atoms with Crippen LogP contribution in [-0.4, -0.2) is 47.0 Å². The number of nitrogens with zero attached hydrogens (tertiary/aromatic N) is 2. The molecule has 0 atom stereocenters. The highest BCUT2D eigenvalue weighted by Gasteiger charge is 2.38. The summed E-state index contributed by atoms with van der Waals surface area (Å²) in [7, 11) is 0. The first-order valence-electron chi connectivity index (χ1n) is 4.74. The maximum atomic E-state index is 11.5. The van der Waals surface area contributed by atoms with Crippen molar-refractivity contribution in [2.24, 2.45) is 4.99 Å². The molecule has 0 saturated carbocycles. The van der Waals surface area contributed by atoms with Crippen LogP contribution in [0.5, 0.6) is 0 Å². The van der Waals surface area contributed by atoms with E-state index in [9.17, 15) is 4.79 Å². The van der Waals surface area contributed by atoms with Crippen molar-refractivity contribution in [3.8, 4) is 0 Å². The molecule has 78 valence electrons. The molecule has 0 bridgehead atoms. The minimum Gasteiger partial charge on any atom is -0.378 e. The average Bonchev–Trinajstić information content (AvgIpc) is 2.43. The van der Waals surface area contributed by atoms with E-state index in [0.29, 0.717) is 0 Å². The van der Waals surface area contributed by atoms with Crippen LogP contribution in [0.25, 0.3) is 0 Å². The SMILES string of the molecule is CC1(C)SC(N2CCOCC2)=NC1=O. The van der Waals surface area contributed by atoms with Crippen LogP contribution in [0.2, 0.25) is 0 Å². The van der Waals surface area contributed by atoms with E-state index in [1.807, 2.05) is 13.8 Å². The van der Waals surface area contributed by atoms with Gasteiger partial charge in [0.05, 0.1) is 18.0 Å². The molecule has 2 aliphatic heterocycles. The summed E-state index contributed by atoms with van der Waals surface area (Å²) in [5.41, 5.74) is 0. The molecule has 4 nitrogen and oxygen atoms in total. The monoisotopic (exact) mass is 214 g/mol. The lowest BCUT2D eigenvalue weighted by Crippen LogP contribution is -2.39. The molecule has 1 fully saturated rings. The number of aliphatic imine (C=N–C) groups is 1. The molecule has 0 aromatic rings. The molecule has 0 aromatic heterocycles. The van der Waals surface area contributed by atoms with Crippen LogP contribution in [0, 0.1) is 0 Å². The first-order valence-corrected chi connectivity index (χ1v) is 5.56. The standard InChI is InChI=1S/C9H14N2O2S/c1-9(2)7(12)10-8(14-9)11-3-5-13-6-4-11/h3-6H2,1-2H3. The molecular weight excluding hydrogens is 200 g/mol. The zero-order valence-corrected chi connectivity index (χ0v) is 9.26. The van der Waals surface area contributed by atoms with Gasteiger partial charge in [0.25, 0.3) is 5.91 Å². The smallest absolute Gasteiger partial charge is 0.264 e. The largest absolute Gasteiger partial charge is 0.378 e. The van der Waals surface area contributed by atoms with Crippen LogP contribution in [0.1, 0.15) is 13.8 Å². The molecule has 0 radical (unpaired) electrons. The van der Waals surface area contributed by atoms with Crippen molar-refractivity contribution < 1.29 is 9.53 Å². The summed E-state index contributed by atoms with van der Waals surface area (Å²) in [6, 6.07) is 0. The third kappa shape index (κ3) is 1.79. The summed E-state index contributed by atoms with van der Waals surface area (Å²) >= 11 is 1.55. The third-order valence-electron chi connectivity index (χ3n) is 2.34. The van der Waals surface area contributed by atoms with E-state index >= 15 is 0 Å². The lowest BCUT2D eigenvalue weighted by molar-refractivity contribution is -0.119. The number of carbonyl (C=O) groups is 1. The fraction of sp³-hybridized carbons (Fsp3) is 0.778. The fourth-order valence-electron chi connectivity index (χ4n) is 1.41. The van der Waals surface area contributed by atoms with Gasteiger partial charge in [-0.2, -0.15) is 4.99 Å². The number of hydrogen-bond acceptors (Lipinski definition) is 4. The van der Waals surface area contributed by atoms with E-state index in [1.165, 1.54) is 0 Å². The molecule has 0 aromatic carbocycles. The van der Waals surface area contributed by atoms with Gasteiger partial charge in [-0.3, -0.25) is 4.79 Å². The average molecular weight is 214 g/mol.